The summed E-state index contributed by atoms with van der Waals surface area (Å²) in [5.74, 6) is -0.734. The fraction of sp³-hybridized carbons (Fsp3) is 0.231. The molecular formula is C13H11F3N2O3. The van der Waals surface area contributed by atoms with E-state index in [4.69, 9.17) is 9.84 Å². The number of halogens is 3. The summed E-state index contributed by atoms with van der Waals surface area (Å²) in [7, 11) is 0. The first kappa shape index (κ1) is 14.9. The van der Waals surface area contributed by atoms with Crippen LogP contribution < -0.4 is 4.74 Å². The second-order valence-electron chi connectivity index (χ2n) is 4.27. The van der Waals surface area contributed by atoms with Gasteiger partial charge in [0.1, 0.15) is 5.75 Å². The molecule has 2 rings (SSSR count). The number of ether oxygens (including phenoxy) is 1. The highest BCUT2D eigenvalue weighted by Gasteiger charge is 2.34. The van der Waals surface area contributed by atoms with Crippen LogP contribution in [0.4, 0.5) is 13.2 Å². The first-order chi connectivity index (χ1) is 9.77. The molecule has 1 aromatic heterocycles. The summed E-state index contributed by atoms with van der Waals surface area (Å²) in [5, 5.41) is 12.2. The molecule has 0 bridgehead atoms. The van der Waals surface area contributed by atoms with E-state index in [1.807, 2.05) is 0 Å². The second kappa shape index (κ2) is 5.47. The van der Waals surface area contributed by atoms with Crippen molar-refractivity contribution in [3.8, 4) is 5.75 Å². The molecule has 1 heterocycles. The molecule has 112 valence electrons. The zero-order valence-electron chi connectivity index (χ0n) is 10.9. The van der Waals surface area contributed by atoms with E-state index >= 15 is 0 Å². The third-order valence-electron chi connectivity index (χ3n) is 2.73. The first-order valence-corrected chi connectivity index (χ1v) is 5.85. The van der Waals surface area contributed by atoms with Crippen molar-refractivity contribution in [2.75, 3.05) is 0 Å². The van der Waals surface area contributed by atoms with Crippen LogP contribution in [0.15, 0.2) is 30.3 Å². The van der Waals surface area contributed by atoms with E-state index in [2.05, 4.69) is 5.10 Å². The lowest BCUT2D eigenvalue weighted by molar-refractivity contribution is -0.141. The van der Waals surface area contributed by atoms with Crippen molar-refractivity contribution in [1.82, 2.24) is 9.78 Å². The number of benzene rings is 1. The predicted octanol–water partition coefficient (Wildman–Crippen LogP) is 2.95. The maximum Gasteiger partial charge on any atom is 0.435 e. The van der Waals surface area contributed by atoms with E-state index in [1.165, 1.54) is 31.2 Å². The van der Waals surface area contributed by atoms with E-state index in [1.54, 1.807) is 0 Å². The van der Waals surface area contributed by atoms with E-state index in [0.29, 0.717) is 11.4 Å². The molecule has 1 N–H and O–H groups in total. The molecule has 0 fully saturated rings. The quantitative estimate of drug-likeness (QED) is 0.943. The van der Waals surface area contributed by atoms with Crippen LogP contribution in [-0.4, -0.2) is 20.9 Å². The van der Waals surface area contributed by atoms with Gasteiger partial charge in [0.15, 0.2) is 12.4 Å². The minimum atomic E-state index is -4.50. The number of alkyl halides is 3. The van der Waals surface area contributed by atoms with E-state index in [9.17, 15) is 18.0 Å². The number of nitrogens with zero attached hydrogens (tertiary/aromatic N) is 2. The Bertz CT molecular complexity index is 648. The average Bonchev–Trinajstić information content (AvgIpc) is 2.78. The Morgan fingerprint density at radius 2 is 1.95 bits per heavy atom. The van der Waals surface area contributed by atoms with Crippen LogP contribution in [0.25, 0.3) is 0 Å². The smallest absolute Gasteiger partial charge is 0.435 e. The number of carbonyl (C=O) groups is 1. The highest BCUT2D eigenvalue weighted by Crippen LogP contribution is 2.28. The third-order valence-corrected chi connectivity index (χ3v) is 2.73. The molecule has 0 aliphatic heterocycles. The topological polar surface area (TPSA) is 64.4 Å². The maximum absolute atomic E-state index is 12.5. The third kappa shape index (κ3) is 3.53. The molecule has 0 radical (unpaired) electrons. The monoisotopic (exact) mass is 300 g/mol. The molecule has 0 spiro atoms. The van der Waals surface area contributed by atoms with E-state index < -0.39 is 17.8 Å². The van der Waals surface area contributed by atoms with Crippen molar-refractivity contribution >= 4 is 5.97 Å². The zero-order chi connectivity index (χ0) is 15.6. The van der Waals surface area contributed by atoms with Gasteiger partial charge in [0.05, 0.1) is 5.56 Å². The lowest BCUT2D eigenvalue weighted by atomic mass is 10.2. The molecular weight excluding hydrogens is 289 g/mol. The van der Waals surface area contributed by atoms with Crippen molar-refractivity contribution < 1.29 is 27.8 Å². The molecule has 0 aliphatic rings. The summed E-state index contributed by atoms with van der Waals surface area (Å²) in [6, 6.07) is 6.46. The van der Waals surface area contributed by atoms with E-state index in [0.717, 1.165) is 10.7 Å². The van der Waals surface area contributed by atoms with Crippen molar-refractivity contribution in [3.63, 3.8) is 0 Å². The average molecular weight is 300 g/mol. The van der Waals surface area contributed by atoms with Crippen LogP contribution in [-0.2, 0) is 12.9 Å². The van der Waals surface area contributed by atoms with Crippen molar-refractivity contribution in [2.24, 2.45) is 0 Å². The Kier molecular flexibility index (Phi) is 3.88. The van der Waals surface area contributed by atoms with Crippen LogP contribution in [0, 0.1) is 6.92 Å². The number of hydrogen-bond donors (Lipinski definition) is 1. The maximum atomic E-state index is 12.5. The Labute approximate surface area is 117 Å². The standard InChI is InChI=1S/C13H11F3N2O3/c1-8-6-11(13(14,15)16)17-18(8)7-21-10-4-2-9(3-5-10)12(19)20/h2-6H,7H2,1H3,(H,19,20). The van der Waals surface area contributed by atoms with Gasteiger partial charge < -0.3 is 9.84 Å². The van der Waals surface area contributed by atoms with Gasteiger partial charge in [-0.2, -0.15) is 18.3 Å². The number of aryl methyl sites for hydroxylation is 1. The normalized spacial score (nSPS) is 11.4. The van der Waals surface area contributed by atoms with Gasteiger partial charge in [-0.3, -0.25) is 0 Å². The van der Waals surface area contributed by atoms with Crippen LogP contribution in [0.2, 0.25) is 0 Å². The lowest BCUT2D eigenvalue weighted by Gasteiger charge is -2.08. The lowest BCUT2D eigenvalue weighted by Crippen LogP contribution is -2.11. The number of carboxylic acid groups (broad SMARTS) is 1. The summed E-state index contributed by atoms with van der Waals surface area (Å²) >= 11 is 0. The Morgan fingerprint density at radius 3 is 2.43 bits per heavy atom. The molecule has 1 aromatic carbocycles. The molecule has 0 unspecified atom stereocenters. The highest BCUT2D eigenvalue weighted by atomic mass is 19.4. The molecule has 2 aromatic rings. The zero-order valence-corrected chi connectivity index (χ0v) is 10.9. The molecule has 5 nitrogen and oxygen atoms in total. The first-order valence-electron chi connectivity index (χ1n) is 5.85. The minimum absolute atomic E-state index is 0.0944. The highest BCUT2D eigenvalue weighted by molar-refractivity contribution is 5.87. The van der Waals surface area contributed by atoms with Gasteiger partial charge in [0.25, 0.3) is 0 Å². The summed E-state index contributed by atoms with van der Waals surface area (Å²) < 4.78 is 43.8. The number of aromatic carboxylic acids is 1. The van der Waals surface area contributed by atoms with Crippen molar-refractivity contribution in [1.29, 1.82) is 0 Å². The van der Waals surface area contributed by atoms with Crippen molar-refractivity contribution in [3.05, 3.63) is 47.3 Å². The minimum Gasteiger partial charge on any atom is -0.478 e. The van der Waals surface area contributed by atoms with Crippen LogP contribution in [0.1, 0.15) is 21.7 Å². The summed E-state index contributed by atoms with van der Waals surface area (Å²) in [6.45, 7) is 1.29. The van der Waals surface area contributed by atoms with Gasteiger partial charge in [-0.1, -0.05) is 0 Å². The van der Waals surface area contributed by atoms with Crippen LogP contribution in [0.5, 0.6) is 5.75 Å². The molecule has 0 saturated carbocycles. The van der Waals surface area contributed by atoms with Crippen LogP contribution >= 0.6 is 0 Å². The molecule has 0 atom stereocenters. The summed E-state index contributed by atoms with van der Waals surface area (Å²) in [5.41, 5.74) is -0.578. The molecule has 0 aliphatic carbocycles. The number of rotatable bonds is 4. The Morgan fingerprint density at radius 1 is 1.33 bits per heavy atom. The summed E-state index contributed by atoms with van der Waals surface area (Å²) in [6.07, 6.45) is -4.50. The Balaban J connectivity index is 2.06. The fourth-order valence-electron chi connectivity index (χ4n) is 1.61. The fourth-order valence-corrected chi connectivity index (χ4v) is 1.61. The predicted molar refractivity (Wildman–Crippen MR) is 66.0 cm³/mol. The Hall–Kier alpha value is -2.51. The van der Waals surface area contributed by atoms with Gasteiger partial charge >= 0.3 is 12.1 Å². The molecule has 0 saturated heterocycles. The summed E-state index contributed by atoms with van der Waals surface area (Å²) in [4.78, 5) is 10.7. The molecule has 8 heteroatoms. The second-order valence-corrected chi connectivity index (χ2v) is 4.27. The number of aromatic nitrogens is 2. The van der Waals surface area contributed by atoms with Crippen LogP contribution in [0.3, 0.4) is 0 Å². The van der Waals surface area contributed by atoms with Gasteiger partial charge in [0, 0.05) is 5.69 Å². The number of carboxylic acids is 1. The molecule has 0 amide bonds. The van der Waals surface area contributed by atoms with E-state index in [-0.39, 0.29) is 12.3 Å². The SMILES string of the molecule is Cc1cc(C(F)(F)F)nn1COc1ccc(C(=O)O)cc1. The van der Waals surface area contributed by atoms with Gasteiger partial charge in [0.2, 0.25) is 0 Å². The van der Waals surface area contributed by atoms with Gasteiger partial charge in [-0.15, -0.1) is 0 Å². The molecule has 21 heavy (non-hydrogen) atoms. The largest absolute Gasteiger partial charge is 0.478 e. The van der Waals surface area contributed by atoms with Gasteiger partial charge in [-0.25, -0.2) is 9.48 Å². The van der Waals surface area contributed by atoms with Crippen molar-refractivity contribution in [2.45, 2.75) is 19.8 Å². The van der Waals surface area contributed by atoms with Gasteiger partial charge in [-0.05, 0) is 37.3 Å². The number of hydrogen-bond acceptors (Lipinski definition) is 3.